The minimum Gasteiger partial charge on any atom is -0.507 e. The van der Waals surface area contributed by atoms with E-state index in [2.05, 4.69) is 27.6 Å². The number of phenols is 1. The molecule has 9 nitrogen and oxygen atoms in total. The zero-order valence-corrected chi connectivity index (χ0v) is 19.5. The highest BCUT2D eigenvalue weighted by atomic mass is 16.5. The molecule has 0 aromatic heterocycles. The highest BCUT2D eigenvalue weighted by Gasteiger charge is 2.08. The van der Waals surface area contributed by atoms with Crippen LogP contribution in [0.15, 0.2) is 95.7 Å². The number of amides is 2. The predicted octanol–water partition coefficient (Wildman–Crippen LogP) is 3.18. The van der Waals surface area contributed by atoms with Crippen molar-refractivity contribution in [2.75, 3.05) is 13.2 Å². The molecule has 0 atom stereocenters. The first-order chi connectivity index (χ1) is 17.5. The minimum absolute atomic E-state index is 0.00844. The molecule has 0 fully saturated rings. The number of ether oxygens (including phenoxy) is 2. The molecule has 0 unspecified atom stereocenters. The lowest BCUT2D eigenvalue weighted by Gasteiger charge is -2.08. The molecule has 0 heterocycles. The maximum Gasteiger partial charge on any atom is 0.277 e. The molecule has 36 heavy (non-hydrogen) atoms. The van der Waals surface area contributed by atoms with Gasteiger partial charge in [0, 0.05) is 5.56 Å². The number of nitrogens with zero attached hydrogens (tertiary/aromatic N) is 2. The van der Waals surface area contributed by atoms with Gasteiger partial charge < -0.3 is 14.6 Å². The third-order valence-corrected chi connectivity index (χ3v) is 4.63. The topological polar surface area (TPSA) is 122 Å². The van der Waals surface area contributed by atoms with Crippen LogP contribution in [0.3, 0.4) is 0 Å². The Morgan fingerprint density at radius 1 is 0.833 bits per heavy atom. The van der Waals surface area contributed by atoms with Crippen molar-refractivity contribution in [1.29, 1.82) is 0 Å². The van der Waals surface area contributed by atoms with Crippen molar-refractivity contribution in [2.24, 2.45) is 10.2 Å². The highest BCUT2D eigenvalue weighted by molar-refractivity contribution is 5.91. The highest BCUT2D eigenvalue weighted by Crippen LogP contribution is 2.24. The molecule has 0 saturated heterocycles. The monoisotopic (exact) mass is 486 g/mol. The molecule has 0 aliphatic carbocycles. The standard InChI is InChI=1S/C27H26N4O5/c1-2-9-21-14-20(16-28-30-25(32)18-35-23-10-5-3-6-11-23)15-22(27(21)34)17-29-31-26(33)19-36-24-12-7-4-8-13-24/h2-8,10-17,34H,1,9,18-19H2,(H,30,32)(H,31,33)/b28-16-,29-17-. The largest absolute Gasteiger partial charge is 0.507 e. The summed E-state index contributed by atoms with van der Waals surface area (Å²) in [5.41, 5.74) is 6.26. The van der Waals surface area contributed by atoms with Crippen LogP contribution in [0.25, 0.3) is 0 Å². The van der Waals surface area contributed by atoms with E-state index in [0.29, 0.717) is 34.6 Å². The average molecular weight is 487 g/mol. The predicted molar refractivity (Wildman–Crippen MR) is 137 cm³/mol. The van der Waals surface area contributed by atoms with E-state index in [1.807, 2.05) is 24.3 Å². The quantitative estimate of drug-likeness (QED) is 0.206. The first-order valence-electron chi connectivity index (χ1n) is 11.0. The molecule has 0 aliphatic heterocycles. The van der Waals surface area contributed by atoms with Crippen molar-refractivity contribution in [1.82, 2.24) is 10.9 Å². The van der Waals surface area contributed by atoms with Crippen LogP contribution in [0.2, 0.25) is 0 Å². The van der Waals surface area contributed by atoms with Crippen molar-refractivity contribution in [3.05, 3.63) is 102 Å². The third kappa shape index (κ3) is 8.45. The molecule has 0 aliphatic rings. The summed E-state index contributed by atoms with van der Waals surface area (Å²) in [5.74, 6) is 0.244. The van der Waals surface area contributed by atoms with Crippen molar-refractivity contribution < 1.29 is 24.2 Å². The van der Waals surface area contributed by atoms with Gasteiger partial charge in [0.1, 0.15) is 17.2 Å². The minimum atomic E-state index is -0.459. The number of para-hydroxylation sites is 2. The van der Waals surface area contributed by atoms with Gasteiger partial charge in [-0.15, -0.1) is 6.58 Å². The van der Waals surface area contributed by atoms with Gasteiger partial charge in [0.05, 0.1) is 12.4 Å². The molecular weight excluding hydrogens is 460 g/mol. The van der Waals surface area contributed by atoms with E-state index in [1.165, 1.54) is 12.4 Å². The Morgan fingerprint density at radius 2 is 1.36 bits per heavy atom. The number of carbonyl (C=O) groups excluding carboxylic acids is 2. The number of phenolic OH excluding ortho intramolecular Hbond substituents is 1. The van der Waals surface area contributed by atoms with Gasteiger partial charge in [-0.25, -0.2) is 10.9 Å². The van der Waals surface area contributed by atoms with Crippen LogP contribution in [-0.2, 0) is 16.0 Å². The summed E-state index contributed by atoms with van der Waals surface area (Å²) in [4.78, 5) is 24.0. The van der Waals surface area contributed by atoms with E-state index in [4.69, 9.17) is 9.47 Å². The summed E-state index contributed by atoms with van der Waals surface area (Å²) < 4.78 is 10.7. The summed E-state index contributed by atoms with van der Waals surface area (Å²) in [5, 5.41) is 18.4. The fourth-order valence-electron chi connectivity index (χ4n) is 2.98. The number of rotatable bonds is 12. The summed E-state index contributed by atoms with van der Waals surface area (Å²) in [6.45, 7) is 3.29. The Balaban J connectivity index is 1.58. The second kappa shape index (κ2) is 13.7. The van der Waals surface area contributed by atoms with Crippen LogP contribution in [0.4, 0.5) is 0 Å². The molecule has 3 N–H and O–H groups in total. The van der Waals surface area contributed by atoms with E-state index in [0.717, 1.165) is 0 Å². The molecule has 0 bridgehead atoms. The van der Waals surface area contributed by atoms with Gasteiger partial charge >= 0.3 is 0 Å². The lowest BCUT2D eigenvalue weighted by Crippen LogP contribution is -2.24. The van der Waals surface area contributed by atoms with Crippen molar-refractivity contribution >= 4 is 24.2 Å². The fraction of sp³-hybridized carbons (Fsp3) is 0.111. The molecule has 3 aromatic carbocycles. The third-order valence-electron chi connectivity index (χ3n) is 4.63. The number of nitrogens with one attached hydrogen (secondary N) is 2. The molecule has 184 valence electrons. The summed E-state index contributed by atoms with van der Waals surface area (Å²) in [6.07, 6.45) is 4.77. The van der Waals surface area contributed by atoms with Crippen LogP contribution < -0.4 is 20.3 Å². The summed E-state index contributed by atoms with van der Waals surface area (Å²) in [6, 6.07) is 21.2. The summed E-state index contributed by atoms with van der Waals surface area (Å²) in [7, 11) is 0. The van der Waals surface area contributed by atoms with Crippen LogP contribution >= 0.6 is 0 Å². The lowest BCUT2D eigenvalue weighted by atomic mass is 10.0. The summed E-state index contributed by atoms with van der Waals surface area (Å²) >= 11 is 0. The Morgan fingerprint density at radius 3 is 1.89 bits per heavy atom. The molecule has 0 saturated carbocycles. The van der Waals surface area contributed by atoms with Crippen molar-refractivity contribution in [3.8, 4) is 17.2 Å². The van der Waals surface area contributed by atoms with E-state index in [9.17, 15) is 14.7 Å². The normalized spacial score (nSPS) is 10.8. The van der Waals surface area contributed by atoms with E-state index >= 15 is 0 Å². The Hall–Kier alpha value is -4.92. The van der Waals surface area contributed by atoms with Gasteiger partial charge in [-0.05, 0) is 53.9 Å². The maximum atomic E-state index is 12.0. The second-order valence-corrected chi connectivity index (χ2v) is 7.40. The molecule has 0 radical (unpaired) electrons. The fourth-order valence-corrected chi connectivity index (χ4v) is 2.98. The van der Waals surface area contributed by atoms with Crippen LogP contribution in [0, 0.1) is 0 Å². The Labute approximate surface area is 208 Å². The molecule has 3 rings (SSSR count). The number of allylic oxidation sites excluding steroid dienone is 1. The van der Waals surface area contributed by atoms with Gasteiger partial charge in [-0.2, -0.15) is 10.2 Å². The van der Waals surface area contributed by atoms with Gasteiger partial charge in [0.2, 0.25) is 0 Å². The van der Waals surface area contributed by atoms with Crippen LogP contribution in [0.1, 0.15) is 16.7 Å². The molecule has 0 spiro atoms. The zero-order valence-electron chi connectivity index (χ0n) is 19.5. The van der Waals surface area contributed by atoms with E-state index in [-0.39, 0.29) is 19.0 Å². The number of aromatic hydroxyl groups is 1. The smallest absolute Gasteiger partial charge is 0.277 e. The van der Waals surface area contributed by atoms with Gasteiger partial charge in [0.25, 0.3) is 11.8 Å². The first-order valence-corrected chi connectivity index (χ1v) is 11.0. The number of hydrogen-bond donors (Lipinski definition) is 3. The van der Waals surface area contributed by atoms with Crippen molar-refractivity contribution in [2.45, 2.75) is 6.42 Å². The molecule has 9 heteroatoms. The van der Waals surface area contributed by atoms with E-state index < -0.39 is 11.8 Å². The Bertz CT molecular complexity index is 1230. The number of benzene rings is 3. The lowest BCUT2D eigenvalue weighted by molar-refractivity contribution is -0.123. The number of carbonyl (C=O) groups is 2. The molecule has 3 aromatic rings. The molecule has 2 amide bonds. The number of hydrogen-bond acceptors (Lipinski definition) is 7. The average Bonchev–Trinajstić information content (AvgIpc) is 2.90. The van der Waals surface area contributed by atoms with Gasteiger partial charge in [0.15, 0.2) is 13.2 Å². The van der Waals surface area contributed by atoms with Gasteiger partial charge in [-0.3, -0.25) is 9.59 Å². The first kappa shape index (κ1) is 25.7. The molecular formula is C27H26N4O5. The maximum absolute atomic E-state index is 12.0. The van der Waals surface area contributed by atoms with Gasteiger partial charge in [-0.1, -0.05) is 42.5 Å². The van der Waals surface area contributed by atoms with Crippen molar-refractivity contribution in [3.63, 3.8) is 0 Å². The Kier molecular flexibility index (Phi) is 9.78. The van der Waals surface area contributed by atoms with Crippen LogP contribution in [0.5, 0.6) is 17.2 Å². The van der Waals surface area contributed by atoms with E-state index in [1.54, 1.807) is 54.6 Å². The number of hydrazone groups is 2. The second-order valence-electron chi connectivity index (χ2n) is 7.40. The zero-order chi connectivity index (χ0) is 25.6. The SMILES string of the molecule is C=CCc1cc(/C=N\NC(=O)COc2ccccc2)cc(/C=N\NC(=O)COc2ccccc2)c1O. The van der Waals surface area contributed by atoms with Crippen LogP contribution in [-0.4, -0.2) is 42.6 Å².